The lowest BCUT2D eigenvalue weighted by molar-refractivity contribution is -0.142. The minimum Gasteiger partial charge on any atom is -0.481 e. The van der Waals surface area contributed by atoms with E-state index in [-0.39, 0.29) is 105 Å². The van der Waals surface area contributed by atoms with Crippen molar-refractivity contribution in [3.8, 4) is 0 Å². The predicted octanol–water partition coefficient (Wildman–Crippen LogP) is 0.400. The fourth-order valence-corrected chi connectivity index (χ4v) is 13.8. The summed E-state index contributed by atoms with van der Waals surface area (Å²) in [4.78, 5) is 268. The molecule has 2 heterocycles. The molecule has 0 unspecified atom stereocenters. The molecule has 10 atom stereocenters. The first kappa shape index (κ1) is 102. The van der Waals surface area contributed by atoms with Crippen LogP contribution in [-0.4, -0.2) is 279 Å². The lowest BCUT2D eigenvalue weighted by Crippen LogP contribution is -2.52. The fourth-order valence-electron chi connectivity index (χ4n) is 12.4. The van der Waals surface area contributed by atoms with Crippen LogP contribution in [0.1, 0.15) is 182 Å². The van der Waals surface area contributed by atoms with Crippen LogP contribution in [0.3, 0.4) is 0 Å². The van der Waals surface area contributed by atoms with E-state index in [0.717, 1.165) is 22.7 Å². The quantitative estimate of drug-likeness (QED) is 0.0170. The second-order valence-electron chi connectivity index (χ2n) is 28.8. The standard InChI is InChI=1S/C75H115N11O28S2/c1-43(2)34-52(56(89)18-19-61(93)81-53(42-115-6)57(90)36-45(4)70(107)79-40-48(87)35-44(3)10-7-26-78-75(76)77)84-73(110)54-11-8-27-85(54)64(96)41-114-29-9-12-55(88)49(15-22-67(101)102)82-71(108)47(14-21-66(99)100)38-59(92)51(17-24-69(105)106)83-72(109)46(13-20-65(97)98)37-58(91)50(16-23-68(103)104)80-62(94)25-28-86-63(95)39-60(74(86)111)116-33-32-113-31-30-112-5/h39,43-47,49-54H,7-38,40-42H2,1-6H3,(H,79,107)(H,80,94)(H,81,93)(H,82,108)(H,83,109)(H,84,110)(H,97,98)(H,99,100)(H,101,102)(H,103,104)(H,105,106)(H4,76,77,78)/t44-,45+,46-,47-,49+,50+,51+,52-,53-,54-/m0/s1. The molecule has 0 aromatic carbocycles. The molecular formula is C75H115N11O28S2. The molecule has 2 aliphatic rings. The Morgan fingerprint density at radius 2 is 1.09 bits per heavy atom. The van der Waals surface area contributed by atoms with Crippen LogP contribution in [-0.2, 0) is 110 Å². The second kappa shape index (κ2) is 55.9. The zero-order chi connectivity index (χ0) is 87.1. The molecule has 0 aromatic rings. The molecule has 1 fully saturated rings. The lowest BCUT2D eigenvalue weighted by Gasteiger charge is -2.27. The number of carboxylic acids is 5. The molecule has 9 amide bonds. The minimum absolute atomic E-state index is 0.0149. The molecule has 2 aliphatic heterocycles. The van der Waals surface area contributed by atoms with Crippen LogP contribution in [0.15, 0.2) is 16.0 Å². The molecule has 0 radical (unpaired) electrons. The van der Waals surface area contributed by atoms with Gasteiger partial charge in [0.05, 0.1) is 61.5 Å². The number of nitrogens with two attached hydrogens (primary N) is 2. The highest BCUT2D eigenvalue weighted by atomic mass is 32.2. The fraction of sp³-hybridized carbons (Fsp3) is 0.693. The second-order valence-corrected chi connectivity index (χ2v) is 30.9. The van der Waals surface area contributed by atoms with Crippen molar-refractivity contribution in [2.75, 3.05) is 84.1 Å². The van der Waals surface area contributed by atoms with E-state index in [9.17, 15) is 121 Å². The Morgan fingerprint density at radius 1 is 0.560 bits per heavy atom. The number of carboxylic acid groups (broad SMARTS) is 5. The Balaban J connectivity index is 2.15. The number of guanidine groups is 1. The summed E-state index contributed by atoms with van der Waals surface area (Å²) in [5.41, 5.74) is 10.7. The molecule has 0 saturated carbocycles. The number of imide groups is 1. The maximum absolute atomic E-state index is 14.2. The summed E-state index contributed by atoms with van der Waals surface area (Å²) < 4.78 is 15.9. The maximum atomic E-state index is 14.2. The normalized spacial score (nSPS) is 15.5. The summed E-state index contributed by atoms with van der Waals surface area (Å²) >= 11 is 2.30. The van der Waals surface area contributed by atoms with Gasteiger partial charge < -0.3 is 88.0 Å². The van der Waals surface area contributed by atoms with Gasteiger partial charge in [-0.1, -0.05) is 27.7 Å². The monoisotopic (exact) mass is 1680 g/mol. The third-order valence-corrected chi connectivity index (χ3v) is 20.2. The van der Waals surface area contributed by atoms with E-state index in [2.05, 4.69) is 36.9 Å². The van der Waals surface area contributed by atoms with E-state index in [1.54, 1.807) is 6.26 Å². The molecule has 116 heavy (non-hydrogen) atoms. The highest BCUT2D eigenvalue weighted by Gasteiger charge is 2.39. The molecule has 650 valence electrons. The number of thioether (sulfide) groups is 2. The molecule has 41 heteroatoms. The number of likely N-dealkylation sites (tertiary alicyclic amines) is 1. The first-order chi connectivity index (χ1) is 54.8. The van der Waals surface area contributed by atoms with Crippen LogP contribution in [0.4, 0.5) is 0 Å². The minimum atomic E-state index is -1.84. The Bertz CT molecular complexity index is 3500. The van der Waals surface area contributed by atoms with Crippen molar-refractivity contribution >= 4 is 147 Å². The van der Waals surface area contributed by atoms with E-state index < -0.39 is 269 Å². The molecule has 0 bridgehead atoms. The highest BCUT2D eigenvalue weighted by Crippen LogP contribution is 2.26. The third kappa shape index (κ3) is 42.3. The number of ether oxygens (including phenoxy) is 3. The van der Waals surface area contributed by atoms with E-state index in [1.807, 2.05) is 20.8 Å². The molecule has 2 rings (SSSR count). The van der Waals surface area contributed by atoms with Gasteiger partial charge in [0.2, 0.25) is 41.4 Å². The zero-order valence-electron chi connectivity index (χ0n) is 66.6. The smallest absolute Gasteiger partial charge is 0.303 e. The van der Waals surface area contributed by atoms with Crippen LogP contribution in [0, 0.1) is 29.6 Å². The number of amides is 9. The van der Waals surface area contributed by atoms with Gasteiger partial charge in [0.15, 0.2) is 40.7 Å². The Hall–Kier alpha value is -9.61. The van der Waals surface area contributed by atoms with E-state index in [0.29, 0.717) is 44.8 Å². The van der Waals surface area contributed by atoms with E-state index in [1.165, 1.54) is 30.7 Å². The Kier molecular flexibility index (Phi) is 49.3. The van der Waals surface area contributed by atoms with Gasteiger partial charge in [-0.25, -0.2) is 0 Å². The summed E-state index contributed by atoms with van der Waals surface area (Å²) in [6.07, 6.45) is -5.64. The molecule has 0 aliphatic carbocycles. The average molecular weight is 1680 g/mol. The van der Waals surface area contributed by atoms with Crippen LogP contribution in [0.2, 0.25) is 0 Å². The van der Waals surface area contributed by atoms with Crippen molar-refractivity contribution in [3.63, 3.8) is 0 Å². The van der Waals surface area contributed by atoms with Crippen LogP contribution in [0.5, 0.6) is 0 Å². The van der Waals surface area contributed by atoms with Gasteiger partial charge in [-0.2, -0.15) is 11.8 Å². The molecule has 1 saturated heterocycles. The number of Topliss-reactive ketones (excluding diaryl/α,β-unsaturated/α-hetero) is 6. The van der Waals surface area contributed by atoms with Gasteiger partial charge in [0, 0.05) is 152 Å². The topological polar surface area (TPSA) is 613 Å². The third-order valence-electron chi connectivity index (χ3n) is 18.6. The van der Waals surface area contributed by atoms with Gasteiger partial charge >= 0.3 is 29.8 Å². The van der Waals surface area contributed by atoms with Gasteiger partial charge in [0.1, 0.15) is 12.6 Å². The Labute approximate surface area is 680 Å². The van der Waals surface area contributed by atoms with E-state index >= 15 is 0 Å². The molecule has 15 N–H and O–H groups in total. The predicted molar refractivity (Wildman–Crippen MR) is 417 cm³/mol. The highest BCUT2D eigenvalue weighted by molar-refractivity contribution is 8.04. The average Bonchev–Trinajstić information content (AvgIpc) is 1.73. The molecule has 0 aromatic heterocycles. The molecular weight excluding hydrogens is 1570 g/mol. The summed E-state index contributed by atoms with van der Waals surface area (Å²) in [6.45, 7) is 6.85. The first-order valence-electron chi connectivity index (χ1n) is 38.5. The number of nitrogens with one attached hydrogen (secondary N) is 6. The van der Waals surface area contributed by atoms with Crippen molar-refractivity contribution in [1.29, 1.82) is 0 Å². The number of carbonyl (C=O) groups excluding carboxylic acids is 15. The number of aliphatic imine (C=N–C) groups is 1. The number of ketones is 6. The van der Waals surface area contributed by atoms with Gasteiger partial charge in [-0.05, 0) is 88.7 Å². The van der Waals surface area contributed by atoms with Gasteiger partial charge in [-0.15, -0.1) is 11.8 Å². The van der Waals surface area contributed by atoms with Crippen LogP contribution < -0.4 is 43.4 Å². The zero-order valence-corrected chi connectivity index (χ0v) is 68.2. The largest absolute Gasteiger partial charge is 0.481 e. The molecule has 39 nitrogen and oxygen atoms in total. The SMILES string of the molecule is COCCOCCSC1=CC(=O)N(CCC(=O)N[C@H](CCC(=O)O)C(=O)C[C@H](CCC(=O)O)C(=O)N[C@H](CCC(=O)O)C(=O)C[C@H](CCC(=O)O)C(=O)N[C@H](CCC(=O)O)C(=O)CCCOCC(=O)N2CCC[C@H]2C(=O)N[C@@H](CC(C)C)C(=O)CCC(=O)N[C@@H](CSC)C(=O)C[C@@H](C)C(=O)NCC(=O)C[C@@H](C)CCCN=C(N)N)C1=O. The van der Waals surface area contributed by atoms with Crippen LogP contribution >= 0.6 is 23.5 Å². The summed E-state index contributed by atoms with van der Waals surface area (Å²) in [5.74, 6) is -22.3. The summed E-state index contributed by atoms with van der Waals surface area (Å²) in [5, 5.41) is 63.0. The first-order valence-corrected chi connectivity index (χ1v) is 40.9. The van der Waals surface area contributed by atoms with Gasteiger partial charge in [-0.3, -0.25) is 106 Å². The number of carbonyl (C=O) groups is 20. The summed E-state index contributed by atoms with van der Waals surface area (Å²) in [7, 11) is 1.49. The maximum Gasteiger partial charge on any atom is 0.303 e. The number of aliphatic carboxylic acids is 5. The van der Waals surface area contributed by atoms with Crippen molar-refractivity contribution in [1.82, 2.24) is 41.7 Å². The number of rotatable bonds is 66. The van der Waals surface area contributed by atoms with Crippen LogP contribution in [0.25, 0.3) is 0 Å². The van der Waals surface area contributed by atoms with Crippen molar-refractivity contribution in [2.45, 2.75) is 218 Å². The number of hydrogen-bond donors (Lipinski definition) is 13. The number of methoxy groups -OCH3 is 1. The summed E-state index contributed by atoms with van der Waals surface area (Å²) in [6, 6.07) is -8.22. The van der Waals surface area contributed by atoms with Crippen molar-refractivity contribution in [2.24, 2.45) is 46.0 Å². The van der Waals surface area contributed by atoms with E-state index in [4.69, 9.17) is 25.7 Å². The van der Waals surface area contributed by atoms with Gasteiger partial charge in [0.25, 0.3) is 11.8 Å². The number of hydrogen-bond acceptors (Lipinski definition) is 26. The van der Waals surface area contributed by atoms with Crippen molar-refractivity contribution < 1.29 is 136 Å². The molecule has 0 spiro atoms. The number of nitrogens with zero attached hydrogens (tertiary/aromatic N) is 3. The lowest BCUT2D eigenvalue weighted by atomic mass is 9.89. The van der Waals surface area contributed by atoms with Crippen molar-refractivity contribution in [3.05, 3.63) is 11.0 Å². The Morgan fingerprint density at radius 3 is 1.63 bits per heavy atom.